The molecule has 4 nitrogen and oxygen atoms in total. The third-order valence-corrected chi connectivity index (χ3v) is 3.53. The number of likely N-dealkylation sites (tertiary alicyclic amines) is 1. The van der Waals surface area contributed by atoms with E-state index in [0.717, 1.165) is 25.9 Å². The molecule has 96 valence electrons. The van der Waals surface area contributed by atoms with E-state index in [1.807, 2.05) is 4.90 Å². The lowest BCUT2D eigenvalue weighted by atomic mass is 9.80. The van der Waals surface area contributed by atoms with Crippen molar-refractivity contribution in [1.82, 2.24) is 4.90 Å². The summed E-state index contributed by atoms with van der Waals surface area (Å²) in [5.41, 5.74) is 1.01. The maximum Gasteiger partial charge on any atom is 0.488 e. The molecular formula is C13H18BNO3. The zero-order valence-corrected chi connectivity index (χ0v) is 10.5. The van der Waals surface area contributed by atoms with E-state index in [2.05, 4.69) is 6.92 Å². The highest BCUT2D eigenvalue weighted by Gasteiger charge is 2.21. The van der Waals surface area contributed by atoms with Gasteiger partial charge in [-0.15, -0.1) is 0 Å². The van der Waals surface area contributed by atoms with Gasteiger partial charge in [-0.1, -0.05) is 19.1 Å². The molecule has 18 heavy (non-hydrogen) atoms. The van der Waals surface area contributed by atoms with Crippen LogP contribution in [0.15, 0.2) is 24.3 Å². The molecule has 0 spiro atoms. The largest absolute Gasteiger partial charge is 0.488 e. The Hall–Kier alpha value is -1.33. The third-order valence-electron chi connectivity index (χ3n) is 3.53. The first kappa shape index (κ1) is 13.1. The predicted octanol–water partition coefficient (Wildman–Crippen LogP) is 0.238. The van der Waals surface area contributed by atoms with Crippen molar-refractivity contribution in [3.05, 3.63) is 29.8 Å². The van der Waals surface area contributed by atoms with E-state index < -0.39 is 7.12 Å². The molecule has 1 heterocycles. The van der Waals surface area contributed by atoms with Gasteiger partial charge in [-0.25, -0.2) is 0 Å². The molecule has 0 bridgehead atoms. The average Bonchev–Trinajstić information content (AvgIpc) is 2.39. The van der Waals surface area contributed by atoms with Gasteiger partial charge in [0.2, 0.25) is 0 Å². The lowest BCUT2D eigenvalue weighted by molar-refractivity contribution is 0.0697. The minimum absolute atomic E-state index is 0.0286. The number of hydrogen-bond donors (Lipinski definition) is 2. The zero-order valence-electron chi connectivity index (χ0n) is 10.5. The molecule has 1 saturated heterocycles. The maximum absolute atomic E-state index is 12.2. The van der Waals surface area contributed by atoms with Crippen LogP contribution in [0.3, 0.4) is 0 Å². The number of rotatable bonds is 2. The first-order valence-corrected chi connectivity index (χ1v) is 6.33. The van der Waals surface area contributed by atoms with Gasteiger partial charge in [0.15, 0.2) is 0 Å². The molecule has 1 aromatic carbocycles. The van der Waals surface area contributed by atoms with Gasteiger partial charge in [-0.05, 0) is 36.4 Å². The van der Waals surface area contributed by atoms with Gasteiger partial charge < -0.3 is 14.9 Å². The van der Waals surface area contributed by atoms with E-state index in [1.165, 1.54) is 0 Å². The summed E-state index contributed by atoms with van der Waals surface area (Å²) in [6.07, 6.45) is 2.11. The molecule has 5 heteroatoms. The second-order valence-corrected chi connectivity index (χ2v) is 4.97. The first-order valence-electron chi connectivity index (χ1n) is 6.33. The fourth-order valence-electron chi connectivity index (χ4n) is 2.19. The smallest absolute Gasteiger partial charge is 0.423 e. The number of hydrogen-bond acceptors (Lipinski definition) is 3. The Morgan fingerprint density at radius 3 is 2.28 bits per heavy atom. The van der Waals surface area contributed by atoms with Crippen LogP contribution in [-0.4, -0.2) is 41.1 Å². The molecule has 1 aliphatic rings. The minimum Gasteiger partial charge on any atom is -0.423 e. The number of carbonyl (C=O) groups excluding carboxylic acids is 1. The molecule has 1 fully saturated rings. The van der Waals surface area contributed by atoms with Gasteiger partial charge in [0.25, 0.3) is 5.91 Å². The normalized spacial score (nSPS) is 16.7. The van der Waals surface area contributed by atoms with E-state index in [1.54, 1.807) is 24.3 Å². The number of benzene rings is 1. The van der Waals surface area contributed by atoms with Crippen LogP contribution in [0, 0.1) is 5.92 Å². The van der Waals surface area contributed by atoms with Crippen molar-refractivity contribution in [3.63, 3.8) is 0 Å². The lowest BCUT2D eigenvalue weighted by Gasteiger charge is -2.30. The van der Waals surface area contributed by atoms with Gasteiger partial charge in [0.05, 0.1) is 0 Å². The van der Waals surface area contributed by atoms with Crippen LogP contribution in [0.4, 0.5) is 0 Å². The summed E-state index contributed by atoms with van der Waals surface area (Å²) in [6.45, 7) is 3.83. The van der Waals surface area contributed by atoms with Gasteiger partial charge >= 0.3 is 7.12 Å². The fourth-order valence-corrected chi connectivity index (χ4v) is 2.19. The molecule has 2 N–H and O–H groups in total. The Morgan fingerprint density at radius 1 is 1.22 bits per heavy atom. The summed E-state index contributed by atoms with van der Waals surface area (Å²) in [5, 5.41) is 18.0. The number of carbonyl (C=O) groups is 1. The average molecular weight is 247 g/mol. The van der Waals surface area contributed by atoms with Gasteiger partial charge in [-0.3, -0.25) is 4.79 Å². The Balaban J connectivity index is 2.04. The third kappa shape index (κ3) is 2.92. The van der Waals surface area contributed by atoms with Crippen LogP contribution >= 0.6 is 0 Å². The van der Waals surface area contributed by atoms with Gasteiger partial charge in [-0.2, -0.15) is 0 Å². The van der Waals surface area contributed by atoms with Crippen molar-refractivity contribution in [2.75, 3.05) is 13.1 Å². The monoisotopic (exact) mass is 247 g/mol. The van der Waals surface area contributed by atoms with Crippen molar-refractivity contribution < 1.29 is 14.8 Å². The van der Waals surface area contributed by atoms with Gasteiger partial charge in [0.1, 0.15) is 0 Å². The summed E-state index contributed by atoms with van der Waals surface area (Å²) in [7, 11) is -1.48. The molecule has 1 aromatic rings. The predicted molar refractivity (Wildman–Crippen MR) is 70.6 cm³/mol. The van der Waals surface area contributed by atoms with Crippen LogP contribution in [-0.2, 0) is 0 Å². The molecule has 0 unspecified atom stereocenters. The lowest BCUT2D eigenvalue weighted by Crippen LogP contribution is -2.38. The standard InChI is InChI=1S/C13H18BNO3/c1-10-6-8-15(9-7-10)13(16)11-2-4-12(5-3-11)14(17)18/h2-5,10,17-18H,6-9H2,1H3. The van der Waals surface area contributed by atoms with Crippen LogP contribution in [0.1, 0.15) is 30.1 Å². The summed E-state index contributed by atoms with van der Waals surface area (Å²) in [4.78, 5) is 14.1. The second kappa shape index (κ2) is 5.54. The molecular weight excluding hydrogens is 229 g/mol. The van der Waals surface area contributed by atoms with Crippen LogP contribution in [0.2, 0.25) is 0 Å². The molecule has 0 aliphatic carbocycles. The van der Waals surface area contributed by atoms with Crippen molar-refractivity contribution >= 4 is 18.5 Å². The van der Waals surface area contributed by atoms with Crippen molar-refractivity contribution in [3.8, 4) is 0 Å². The Kier molecular flexibility index (Phi) is 4.04. The summed E-state index contributed by atoms with van der Waals surface area (Å²) >= 11 is 0. The SMILES string of the molecule is CC1CCN(C(=O)c2ccc(B(O)O)cc2)CC1. The van der Waals surface area contributed by atoms with E-state index >= 15 is 0 Å². The first-order chi connectivity index (χ1) is 8.58. The number of piperidine rings is 1. The van der Waals surface area contributed by atoms with Crippen molar-refractivity contribution in [1.29, 1.82) is 0 Å². The maximum atomic E-state index is 12.2. The Labute approximate surface area is 107 Å². The Morgan fingerprint density at radius 2 is 1.78 bits per heavy atom. The topological polar surface area (TPSA) is 60.8 Å². The van der Waals surface area contributed by atoms with E-state index in [9.17, 15) is 4.79 Å². The highest BCUT2D eigenvalue weighted by Crippen LogP contribution is 2.17. The molecule has 2 rings (SSSR count). The number of nitrogens with zero attached hydrogens (tertiary/aromatic N) is 1. The summed E-state index contributed by atoms with van der Waals surface area (Å²) in [5.74, 6) is 0.724. The van der Waals surface area contributed by atoms with E-state index in [0.29, 0.717) is 16.9 Å². The fraction of sp³-hybridized carbons (Fsp3) is 0.462. The minimum atomic E-state index is -1.48. The molecule has 0 aromatic heterocycles. The van der Waals surface area contributed by atoms with Crippen LogP contribution < -0.4 is 5.46 Å². The molecule has 1 aliphatic heterocycles. The van der Waals surface area contributed by atoms with E-state index in [-0.39, 0.29) is 5.91 Å². The molecule has 0 atom stereocenters. The van der Waals surface area contributed by atoms with Crippen LogP contribution in [0.25, 0.3) is 0 Å². The molecule has 0 saturated carbocycles. The summed E-state index contributed by atoms with van der Waals surface area (Å²) < 4.78 is 0. The number of amides is 1. The quantitative estimate of drug-likeness (QED) is 0.736. The zero-order chi connectivity index (χ0) is 13.1. The molecule has 0 radical (unpaired) electrons. The van der Waals surface area contributed by atoms with E-state index in [4.69, 9.17) is 10.0 Å². The second-order valence-electron chi connectivity index (χ2n) is 4.97. The molecule has 1 amide bonds. The highest BCUT2D eigenvalue weighted by atomic mass is 16.4. The summed E-state index contributed by atoms with van der Waals surface area (Å²) in [6, 6.07) is 6.44. The van der Waals surface area contributed by atoms with Crippen molar-refractivity contribution in [2.45, 2.75) is 19.8 Å². The van der Waals surface area contributed by atoms with Crippen molar-refractivity contribution in [2.24, 2.45) is 5.92 Å². The highest BCUT2D eigenvalue weighted by molar-refractivity contribution is 6.58. The van der Waals surface area contributed by atoms with Gasteiger partial charge in [0, 0.05) is 18.7 Å². The Bertz CT molecular complexity index is 411. The van der Waals surface area contributed by atoms with Crippen LogP contribution in [0.5, 0.6) is 0 Å².